The Hall–Kier alpha value is 0.110. The third kappa shape index (κ3) is 3.81. The summed E-state index contributed by atoms with van der Waals surface area (Å²) in [4.78, 5) is 12.6. The van der Waals surface area contributed by atoms with E-state index in [0.717, 1.165) is 25.2 Å². The maximum Gasteiger partial charge on any atom is 0.147 e. The Balaban J connectivity index is 1.72. The molecule has 0 heterocycles. The van der Waals surface area contributed by atoms with E-state index in [1.807, 2.05) is 0 Å². The maximum atomic E-state index is 12.6. The van der Waals surface area contributed by atoms with E-state index >= 15 is 0 Å². The zero-order valence-corrected chi connectivity index (χ0v) is 18.7. The van der Waals surface area contributed by atoms with Crippen LogP contribution in [0.1, 0.15) is 91.4 Å². The molecule has 0 amide bonds. The van der Waals surface area contributed by atoms with Gasteiger partial charge in [-0.25, -0.2) is 0 Å². The van der Waals surface area contributed by atoms with Crippen LogP contribution in [-0.4, -0.2) is 22.3 Å². The fourth-order valence-electron chi connectivity index (χ4n) is 6.96. The monoisotopic (exact) mass is 426 g/mol. The summed E-state index contributed by atoms with van der Waals surface area (Å²) in [7, 11) is 0. The van der Waals surface area contributed by atoms with Gasteiger partial charge in [0.25, 0.3) is 0 Å². The lowest BCUT2D eigenvalue weighted by Gasteiger charge is -2.53. The number of alkyl halides is 1. The molecule has 3 fully saturated rings. The van der Waals surface area contributed by atoms with Crippen molar-refractivity contribution in [2.75, 3.05) is 5.33 Å². The molecule has 3 aliphatic carbocycles. The first-order valence-electron chi connectivity index (χ1n) is 11.1. The topological polar surface area (TPSA) is 37.3 Å². The number of Topliss-reactive ketones (excluding diaryl/α,β-unsaturated/α-hetero) is 1. The highest BCUT2D eigenvalue weighted by molar-refractivity contribution is 9.09. The molecule has 0 radical (unpaired) electrons. The van der Waals surface area contributed by atoms with E-state index < -0.39 is 0 Å². The van der Waals surface area contributed by atoms with Crippen LogP contribution in [0.4, 0.5) is 0 Å². The molecule has 0 aromatic rings. The smallest absolute Gasteiger partial charge is 0.147 e. The molecule has 0 bridgehead atoms. The van der Waals surface area contributed by atoms with Crippen molar-refractivity contribution >= 4 is 21.7 Å². The number of halogens is 1. The molecule has 2 nitrogen and oxygen atoms in total. The minimum Gasteiger partial charge on any atom is -0.393 e. The number of hydrogen-bond acceptors (Lipinski definition) is 2. The fraction of sp³-hybridized carbons (Fsp3) is 0.957. The van der Waals surface area contributed by atoms with Crippen molar-refractivity contribution in [1.82, 2.24) is 0 Å². The Morgan fingerprint density at radius 3 is 2.58 bits per heavy atom. The zero-order valence-electron chi connectivity index (χ0n) is 17.1. The summed E-state index contributed by atoms with van der Waals surface area (Å²) in [6.07, 6.45) is 13.2. The van der Waals surface area contributed by atoms with Crippen LogP contribution in [0.5, 0.6) is 0 Å². The minimum absolute atomic E-state index is 0.0661. The summed E-state index contributed by atoms with van der Waals surface area (Å²) in [5, 5.41) is 10.7. The molecular weight excluding hydrogens is 388 g/mol. The number of hydrogen-bond donors (Lipinski definition) is 1. The highest BCUT2D eigenvalue weighted by atomic mass is 79.9. The number of carbonyl (C=O) groups is 1. The van der Waals surface area contributed by atoms with Crippen LogP contribution in [0.3, 0.4) is 0 Å². The summed E-state index contributed by atoms with van der Waals surface area (Å²) in [6, 6.07) is 0. The number of ketones is 1. The standard InChI is InChI=1S/C23H39BrO2/c1-16-6-4-9-20(21(26)15-24)22(16,2)12-10-17-7-5-8-18-14-19(25)11-13-23(17,18)3/h16-20,25H,4-15H2,1-3H3/t16-,17-,18+,19-,20-,22+,23-/m1/s1. The van der Waals surface area contributed by atoms with E-state index in [2.05, 4.69) is 36.7 Å². The average molecular weight is 427 g/mol. The summed E-state index contributed by atoms with van der Waals surface area (Å²) in [5.41, 5.74) is 0.585. The number of fused-ring (bicyclic) bond motifs is 1. The van der Waals surface area contributed by atoms with Gasteiger partial charge in [0.1, 0.15) is 5.78 Å². The molecule has 7 atom stereocenters. The molecule has 3 saturated carbocycles. The quantitative estimate of drug-likeness (QED) is 0.535. The van der Waals surface area contributed by atoms with Gasteiger partial charge in [-0.2, -0.15) is 0 Å². The maximum absolute atomic E-state index is 12.6. The SMILES string of the molecule is C[C@@H]1CCC[C@H](C(=O)CBr)[C@@]1(C)CC[C@H]1CCC[C@H]2C[C@H](O)CC[C@]12C. The molecule has 0 spiro atoms. The van der Waals surface area contributed by atoms with Crippen LogP contribution in [0.25, 0.3) is 0 Å². The summed E-state index contributed by atoms with van der Waals surface area (Å²) >= 11 is 3.44. The Morgan fingerprint density at radius 1 is 1.12 bits per heavy atom. The van der Waals surface area contributed by atoms with Crippen LogP contribution >= 0.6 is 15.9 Å². The summed E-state index contributed by atoms with van der Waals surface area (Å²) in [6.45, 7) is 7.31. The van der Waals surface area contributed by atoms with E-state index in [1.165, 1.54) is 51.4 Å². The normalized spacial score (nSPS) is 46.6. The molecule has 26 heavy (non-hydrogen) atoms. The zero-order chi connectivity index (χ0) is 18.9. The highest BCUT2D eigenvalue weighted by Crippen LogP contribution is 2.57. The van der Waals surface area contributed by atoms with Crippen molar-refractivity contribution in [3.8, 4) is 0 Å². The predicted octanol–water partition coefficient (Wildman–Crippen LogP) is 6.14. The van der Waals surface area contributed by atoms with E-state index in [4.69, 9.17) is 0 Å². The van der Waals surface area contributed by atoms with Gasteiger partial charge in [0.05, 0.1) is 11.4 Å². The van der Waals surface area contributed by atoms with Gasteiger partial charge in [-0.1, -0.05) is 56.0 Å². The summed E-state index contributed by atoms with van der Waals surface area (Å²) < 4.78 is 0. The van der Waals surface area contributed by atoms with E-state index in [-0.39, 0.29) is 17.4 Å². The Labute approximate surface area is 169 Å². The Kier molecular flexibility index (Phi) is 6.60. The molecule has 1 N–H and O–H groups in total. The van der Waals surface area contributed by atoms with Gasteiger partial charge in [0.15, 0.2) is 0 Å². The molecule has 0 aromatic heterocycles. The lowest BCUT2D eigenvalue weighted by molar-refractivity contribution is -0.129. The number of rotatable bonds is 5. The third-order valence-electron chi connectivity index (χ3n) is 9.15. The highest BCUT2D eigenvalue weighted by Gasteiger charge is 2.49. The van der Waals surface area contributed by atoms with Crippen LogP contribution in [-0.2, 0) is 4.79 Å². The van der Waals surface area contributed by atoms with Gasteiger partial charge in [-0.15, -0.1) is 0 Å². The van der Waals surface area contributed by atoms with Crippen molar-refractivity contribution in [3.05, 3.63) is 0 Å². The van der Waals surface area contributed by atoms with E-state index in [9.17, 15) is 9.90 Å². The number of aliphatic hydroxyl groups is 1. The van der Waals surface area contributed by atoms with Gasteiger partial charge in [0.2, 0.25) is 0 Å². The van der Waals surface area contributed by atoms with Crippen LogP contribution in [0, 0.1) is 34.5 Å². The summed E-state index contributed by atoms with van der Waals surface area (Å²) in [5.74, 6) is 2.80. The predicted molar refractivity (Wildman–Crippen MR) is 111 cm³/mol. The number of carbonyl (C=O) groups excluding carboxylic acids is 1. The van der Waals surface area contributed by atoms with Gasteiger partial charge >= 0.3 is 0 Å². The molecule has 0 unspecified atom stereocenters. The van der Waals surface area contributed by atoms with Crippen LogP contribution < -0.4 is 0 Å². The molecule has 0 aliphatic heterocycles. The van der Waals surface area contributed by atoms with Crippen molar-refractivity contribution in [3.63, 3.8) is 0 Å². The Bertz CT molecular complexity index is 506. The minimum atomic E-state index is -0.0661. The van der Waals surface area contributed by atoms with Crippen molar-refractivity contribution in [1.29, 1.82) is 0 Å². The molecule has 3 heteroatoms. The largest absolute Gasteiger partial charge is 0.393 e. The van der Waals surface area contributed by atoms with Gasteiger partial charge in [-0.05, 0) is 80.0 Å². The second-order valence-corrected chi connectivity index (χ2v) is 10.8. The molecule has 0 aromatic carbocycles. The second-order valence-electron chi connectivity index (χ2n) is 10.3. The van der Waals surface area contributed by atoms with Crippen LogP contribution in [0.2, 0.25) is 0 Å². The average Bonchev–Trinajstić information content (AvgIpc) is 2.62. The molecule has 3 aliphatic rings. The first-order valence-corrected chi connectivity index (χ1v) is 12.2. The van der Waals surface area contributed by atoms with Crippen molar-refractivity contribution < 1.29 is 9.90 Å². The lowest BCUT2D eigenvalue weighted by Crippen LogP contribution is -2.46. The van der Waals surface area contributed by atoms with E-state index in [1.54, 1.807) is 0 Å². The third-order valence-corrected chi connectivity index (χ3v) is 9.70. The molecule has 0 saturated heterocycles. The van der Waals surface area contributed by atoms with E-state index in [0.29, 0.717) is 28.4 Å². The molecular formula is C23H39BrO2. The lowest BCUT2D eigenvalue weighted by atomic mass is 9.52. The second kappa shape index (κ2) is 8.23. The van der Waals surface area contributed by atoms with Crippen LogP contribution in [0.15, 0.2) is 0 Å². The fourth-order valence-corrected chi connectivity index (χ4v) is 7.35. The molecule has 150 valence electrons. The van der Waals surface area contributed by atoms with Crippen molar-refractivity contribution in [2.45, 2.75) is 97.5 Å². The molecule has 3 rings (SSSR count). The Morgan fingerprint density at radius 2 is 1.85 bits per heavy atom. The number of aliphatic hydroxyl groups excluding tert-OH is 1. The first-order chi connectivity index (χ1) is 12.3. The first kappa shape index (κ1) is 20.8. The van der Waals surface area contributed by atoms with Crippen molar-refractivity contribution in [2.24, 2.45) is 34.5 Å². The van der Waals surface area contributed by atoms with Gasteiger partial charge < -0.3 is 5.11 Å². The van der Waals surface area contributed by atoms with Gasteiger partial charge in [-0.3, -0.25) is 4.79 Å². The van der Waals surface area contributed by atoms with Gasteiger partial charge in [0, 0.05) is 5.92 Å².